The summed E-state index contributed by atoms with van der Waals surface area (Å²) in [5.74, 6) is 0. The molecule has 0 bridgehead atoms. The van der Waals surface area contributed by atoms with Gasteiger partial charge in [-0.1, -0.05) is 0 Å². The fourth-order valence-corrected chi connectivity index (χ4v) is 0. The van der Waals surface area contributed by atoms with Crippen LogP contribution in [-0.4, -0.2) is 368 Å². The SMILES string of the molecule is O.O.O.O=[Si]([O-])[O-].O=[Si]([O-])[O-].O=[Si]([O-])[O-].O=[Si]([O-])[O-].O=[Si]([O-])[O-].O=[Si]([O-])[O-].O=[Si]([O-])[O-].O=[Si]([O-])[O-].[Al+3].[Al+3].[Al+3].[Ca+2].[Ca+2].[Ca+2].[Mg+2].[Mg+2].[Mg+2].[Na+].[Na+].[Na+].[OH-].[OH-].[OH-].[OH-].[OH-].[OH-].[OH-].[OH-]. The van der Waals surface area contributed by atoms with Crippen molar-refractivity contribution in [2.75, 3.05) is 0 Å². The Morgan fingerprint density at radius 2 is 0.218 bits per heavy atom. The van der Waals surface area contributed by atoms with E-state index in [0.717, 1.165) is 0 Å². The van der Waals surface area contributed by atoms with Crippen LogP contribution < -0.4 is 165 Å². The Bertz CT molecular complexity index is 424. The van der Waals surface area contributed by atoms with Crippen molar-refractivity contribution in [1.82, 2.24) is 0 Å². The molecule has 0 saturated heterocycles. The Morgan fingerprint density at radius 3 is 0.218 bits per heavy atom. The standard InChI is InChI=1S/3Al.3Ca.3Mg.3Na.8O3Si.11H2O/c;;;;;;;;;;;;8*1-4(2)3;;;;;;;;;;;/h;;;;;;;;;;;;;;;;;;;;11*1H2/q3*+3;6*+2;3*+1;8*-2;;;;;;;;;;;/p-8. The second kappa shape index (κ2) is 228. The molecule has 0 amide bonds. The van der Waals surface area contributed by atoms with E-state index in [1.165, 1.54) is 0 Å². The van der Waals surface area contributed by atoms with Gasteiger partial charge in [-0.25, -0.2) is 0 Å². The summed E-state index contributed by atoms with van der Waals surface area (Å²) >= 11 is 0. The van der Waals surface area contributed by atoms with Crippen molar-refractivity contribution in [2.24, 2.45) is 0 Å². The minimum absolute atomic E-state index is 0. The second-order valence-corrected chi connectivity index (χ2v) is 6.00. The molecule has 55 heteroatoms. The Hall–Kier alpha value is 7.17. The molecule has 55 heavy (non-hydrogen) atoms. The van der Waals surface area contributed by atoms with Crippen molar-refractivity contribution in [2.45, 2.75) is 0 Å². The Balaban J connectivity index is -0.00000000389. The van der Waals surface area contributed by atoms with E-state index in [1.54, 1.807) is 0 Å². The molecule has 0 saturated carbocycles. The van der Waals surface area contributed by atoms with Gasteiger partial charge in [0, 0.05) is 73.4 Å². The molecule has 0 fully saturated rings. The normalized spacial score (nSPS) is 3.49. The largest absolute Gasteiger partial charge is 3.00 e. The molecular weight excluding hydrogens is 1130 g/mol. The predicted molar refractivity (Wildman–Crippen MR) is 130 cm³/mol. The van der Waals surface area contributed by atoms with Gasteiger partial charge >= 0.3 is 323 Å². The zero-order valence-electron chi connectivity index (χ0n) is 27.9. The zero-order valence-corrected chi connectivity index (χ0v) is 56.2. The predicted octanol–water partition coefficient (Wildman–Crippen LogP) is -39.3. The summed E-state index contributed by atoms with van der Waals surface area (Å²) in [6.07, 6.45) is 0. The summed E-state index contributed by atoms with van der Waals surface area (Å²) in [6, 6.07) is 0. The average Bonchev–Trinajstić information content (AvgIpc) is 2.30. The Morgan fingerprint density at radius 1 is 0.218 bits per heavy atom. The van der Waals surface area contributed by atoms with Gasteiger partial charge in [0.25, 0.3) is 0 Å². The van der Waals surface area contributed by atoms with Crippen molar-refractivity contribution >= 4 is 308 Å². The summed E-state index contributed by atoms with van der Waals surface area (Å²) in [4.78, 5) is 136. The molecule has 0 aromatic heterocycles. The van der Waals surface area contributed by atoms with Gasteiger partial charge in [-0.15, -0.1) is 0 Å². The van der Waals surface area contributed by atoms with Crippen LogP contribution in [0.25, 0.3) is 0 Å². The van der Waals surface area contributed by atoms with Gasteiger partial charge in [0.2, 0.25) is 0 Å². The maximum Gasteiger partial charge on any atom is 3.00 e. The first kappa shape index (κ1) is 239. The third-order valence-corrected chi connectivity index (χ3v) is 0. The average molecular weight is 1140 g/mol. The summed E-state index contributed by atoms with van der Waals surface area (Å²) in [5.41, 5.74) is 0. The van der Waals surface area contributed by atoms with Gasteiger partial charge in [0.05, 0.1) is 0 Å². The molecule has 0 aliphatic rings. The van der Waals surface area contributed by atoms with E-state index in [9.17, 15) is 0 Å². The molecule has 0 heterocycles. The first-order valence-corrected chi connectivity index (χ1v) is 14.7. The maximum absolute atomic E-state index is 8.52. The van der Waals surface area contributed by atoms with Crippen molar-refractivity contribution in [3.63, 3.8) is 0 Å². The summed E-state index contributed by atoms with van der Waals surface area (Å²) in [7, 11) is -29.0. The van der Waals surface area contributed by atoms with Crippen LogP contribution in [0.3, 0.4) is 0 Å². The molecule has 0 radical (unpaired) electrons. The van der Waals surface area contributed by atoms with E-state index in [0.29, 0.717) is 0 Å². The quantitative estimate of drug-likeness (QED) is 0.203. The first-order valence-electron chi connectivity index (χ1n) is 4.90. The van der Waals surface area contributed by atoms with E-state index in [4.69, 9.17) is 112 Å². The van der Waals surface area contributed by atoms with Gasteiger partial charge in [-0.05, 0) is 0 Å². The molecule has 0 spiro atoms. The molecule has 0 rings (SSSR count). The van der Waals surface area contributed by atoms with Crippen LogP contribution in [0, 0.1) is 0 Å². The molecule has 0 unspecified atom stereocenters. The molecule has 280 valence electrons. The maximum atomic E-state index is 8.52. The van der Waals surface area contributed by atoms with Gasteiger partial charge < -0.3 is 173 Å². The van der Waals surface area contributed by atoms with Crippen molar-refractivity contribution in [3.05, 3.63) is 0 Å². The van der Waals surface area contributed by atoms with Crippen molar-refractivity contribution in [3.8, 4) is 0 Å². The fourth-order valence-electron chi connectivity index (χ4n) is 0. The smallest absolute Gasteiger partial charge is 0.870 e. The van der Waals surface area contributed by atoms with Crippen LogP contribution in [0.4, 0.5) is 0 Å². The third-order valence-electron chi connectivity index (χ3n) is 0. The van der Waals surface area contributed by atoms with E-state index in [1.807, 2.05) is 0 Å². The van der Waals surface area contributed by atoms with Crippen LogP contribution in [0.1, 0.15) is 0 Å². The van der Waals surface area contributed by atoms with Gasteiger partial charge in [0.1, 0.15) is 0 Å². The molecule has 0 aliphatic carbocycles. The van der Waals surface area contributed by atoms with Gasteiger partial charge in [0.15, 0.2) is 0 Å². The van der Waals surface area contributed by atoms with E-state index in [-0.39, 0.29) is 383 Å². The van der Waals surface area contributed by atoms with E-state index in [2.05, 4.69) is 0 Å². The topological polar surface area (TPSA) is 840 Å². The fraction of sp³-hybridized carbons (Fsp3) is 0. The van der Waals surface area contributed by atoms with Crippen LogP contribution in [0.5, 0.6) is 0 Å². The molecule has 0 aromatic carbocycles. The van der Waals surface area contributed by atoms with E-state index >= 15 is 0 Å². The molecule has 0 aromatic rings. The Kier molecular flexibility index (Phi) is 992. The van der Waals surface area contributed by atoms with Crippen LogP contribution in [-0.2, 0) is 35.7 Å². The monoisotopic (exact) mass is 1140 g/mol. The summed E-state index contributed by atoms with van der Waals surface area (Å²) in [6.45, 7) is 0. The summed E-state index contributed by atoms with van der Waals surface area (Å²) < 4.78 is 68.1. The van der Waals surface area contributed by atoms with E-state index < -0.39 is 73.4 Å². The van der Waals surface area contributed by atoms with Crippen LogP contribution in [0.2, 0.25) is 0 Å². The van der Waals surface area contributed by atoms with Gasteiger partial charge in [-0.2, -0.15) is 0 Å². The Labute approximate surface area is 557 Å². The van der Waals surface area contributed by atoms with Crippen LogP contribution >= 0.6 is 0 Å². The number of hydrogen-bond acceptors (Lipinski definition) is 32. The number of hydrogen-bond donors (Lipinski definition) is 0. The third kappa shape index (κ3) is 4170. The zero-order chi connectivity index (χ0) is 28.6. The molecule has 0 aliphatic heterocycles. The molecule has 0 atom stereocenters. The molecule has 14 N–H and O–H groups in total. The van der Waals surface area contributed by atoms with Crippen molar-refractivity contribution in [1.29, 1.82) is 0 Å². The second-order valence-electron chi connectivity index (χ2n) is 2.00. The van der Waals surface area contributed by atoms with Crippen LogP contribution in [0.15, 0.2) is 0 Å². The summed E-state index contributed by atoms with van der Waals surface area (Å²) in [5, 5.41) is 0. The number of rotatable bonds is 0. The van der Waals surface area contributed by atoms with Crippen molar-refractivity contribution < 1.29 is 261 Å². The minimum atomic E-state index is -3.63. The first-order chi connectivity index (χ1) is 13.9. The molecule has 35 nitrogen and oxygen atoms in total. The minimum Gasteiger partial charge on any atom is -0.870 e. The van der Waals surface area contributed by atoms with Gasteiger partial charge in [-0.3, -0.25) is 0 Å². The molecular formula is H14Al3Ca3Mg3Na3O35Si8.